The molecule has 1 aromatic carbocycles. The molecule has 90 valence electrons. The van der Waals surface area contributed by atoms with E-state index >= 15 is 0 Å². The van der Waals surface area contributed by atoms with Crippen molar-refractivity contribution in [2.75, 3.05) is 5.75 Å². The molecular weight excluding hydrogens is 218 g/mol. The highest BCUT2D eigenvalue weighted by Gasteiger charge is 2.15. The van der Waals surface area contributed by atoms with Gasteiger partial charge in [0.25, 0.3) is 0 Å². The molecule has 3 heteroatoms. The van der Waals surface area contributed by atoms with Crippen molar-refractivity contribution in [2.24, 2.45) is 11.7 Å². The van der Waals surface area contributed by atoms with Gasteiger partial charge in [0.1, 0.15) is 0 Å². The second kappa shape index (κ2) is 6.16. The van der Waals surface area contributed by atoms with Gasteiger partial charge in [0.2, 0.25) is 0 Å². The molecule has 0 aliphatic carbocycles. The third-order valence-electron chi connectivity index (χ3n) is 3.00. The van der Waals surface area contributed by atoms with E-state index < -0.39 is 10.8 Å². The summed E-state index contributed by atoms with van der Waals surface area (Å²) in [5, 5.41) is 0. The second-order valence-corrected chi connectivity index (χ2v) is 5.87. The van der Waals surface area contributed by atoms with Crippen LogP contribution in [-0.2, 0) is 10.8 Å². The van der Waals surface area contributed by atoms with Crippen LogP contribution >= 0.6 is 0 Å². The minimum absolute atomic E-state index is 0.0205. The maximum atomic E-state index is 12.0. The van der Waals surface area contributed by atoms with Gasteiger partial charge in [-0.05, 0) is 25.0 Å². The van der Waals surface area contributed by atoms with Gasteiger partial charge in [0, 0.05) is 16.7 Å². The zero-order valence-corrected chi connectivity index (χ0v) is 11.1. The maximum absolute atomic E-state index is 12.0. The van der Waals surface area contributed by atoms with E-state index in [-0.39, 0.29) is 6.04 Å². The Balaban J connectivity index is 2.62. The van der Waals surface area contributed by atoms with Gasteiger partial charge < -0.3 is 5.73 Å². The monoisotopic (exact) mass is 239 g/mol. The van der Waals surface area contributed by atoms with E-state index in [1.54, 1.807) is 0 Å². The molecule has 3 unspecified atom stereocenters. The second-order valence-electron chi connectivity index (χ2n) is 4.37. The summed E-state index contributed by atoms with van der Waals surface area (Å²) in [6, 6.07) is 7.85. The quantitative estimate of drug-likeness (QED) is 0.858. The molecule has 0 saturated heterocycles. The molecule has 0 aromatic heterocycles. The summed E-state index contributed by atoms with van der Waals surface area (Å²) >= 11 is 0. The van der Waals surface area contributed by atoms with E-state index in [1.807, 2.05) is 31.2 Å². The molecule has 0 heterocycles. The van der Waals surface area contributed by atoms with E-state index in [1.165, 1.54) is 5.56 Å². The van der Waals surface area contributed by atoms with Crippen molar-refractivity contribution >= 4 is 10.8 Å². The Hall–Kier alpha value is -0.670. The lowest BCUT2D eigenvalue weighted by molar-refractivity contribution is 0.472. The van der Waals surface area contributed by atoms with Crippen LogP contribution in [0.4, 0.5) is 0 Å². The number of benzene rings is 1. The van der Waals surface area contributed by atoms with Crippen LogP contribution in [0.1, 0.15) is 25.8 Å². The lowest BCUT2D eigenvalue weighted by Gasteiger charge is -2.17. The highest BCUT2D eigenvalue weighted by molar-refractivity contribution is 7.85. The summed E-state index contributed by atoms with van der Waals surface area (Å²) in [5.74, 6) is 0.979. The normalized spacial score (nSPS) is 16.8. The fraction of sp³-hybridized carbons (Fsp3) is 0.538. The molecule has 0 fully saturated rings. The van der Waals surface area contributed by atoms with Crippen molar-refractivity contribution < 1.29 is 4.21 Å². The van der Waals surface area contributed by atoms with Crippen LogP contribution in [0, 0.1) is 12.8 Å². The predicted molar refractivity (Wildman–Crippen MR) is 69.9 cm³/mol. The molecule has 1 aromatic rings. The van der Waals surface area contributed by atoms with Gasteiger partial charge in [-0.15, -0.1) is 0 Å². The van der Waals surface area contributed by atoms with E-state index in [0.29, 0.717) is 11.7 Å². The molecule has 0 radical (unpaired) electrons. The number of hydrogen-bond acceptors (Lipinski definition) is 2. The van der Waals surface area contributed by atoms with E-state index in [4.69, 9.17) is 5.73 Å². The Kier molecular flexibility index (Phi) is 5.16. The molecular formula is C13H21NOS. The largest absolute Gasteiger partial charge is 0.327 e. The van der Waals surface area contributed by atoms with Crippen LogP contribution in [0.3, 0.4) is 0 Å². The SMILES string of the molecule is CCC(C)C(N)CS(=O)c1ccc(C)cc1. The van der Waals surface area contributed by atoms with Crippen molar-refractivity contribution in [1.82, 2.24) is 0 Å². The number of hydrogen-bond donors (Lipinski definition) is 1. The molecule has 0 aliphatic heterocycles. The van der Waals surface area contributed by atoms with Crippen molar-refractivity contribution in [2.45, 2.75) is 38.1 Å². The van der Waals surface area contributed by atoms with Gasteiger partial charge >= 0.3 is 0 Å². The van der Waals surface area contributed by atoms with E-state index in [0.717, 1.165) is 11.3 Å². The lowest BCUT2D eigenvalue weighted by atomic mass is 10.0. The van der Waals surface area contributed by atoms with Crippen LogP contribution in [0.25, 0.3) is 0 Å². The van der Waals surface area contributed by atoms with Crippen LogP contribution in [-0.4, -0.2) is 16.0 Å². The predicted octanol–water partition coefficient (Wildman–Crippen LogP) is 2.48. The summed E-state index contributed by atoms with van der Waals surface area (Å²) in [5.41, 5.74) is 7.19. The van der Waals surface area contributed by atoms with Gasteiger partial charge in [-0.3, -0.25) is 4.21 Å². The fourth-order valence-corrected chi connectivity index (χ4v) is 2.74. The Bertz CT molecular complexity index is 347. The molecule has 2 N–H and O–H groups in total. The zero-order chi connectivity index (χ0) is 12.1. The van der Waals surface area contributed by atoms with Crippen LogP contribution in [0.2, 0.25) is 0 Å². The molecule has 3 atom stereocenters. The summed E-state index contributed by atoms with van der Waals surface area (Å²) in [6.07, 6.45) is 1.03. The average Bonchev–Trinajstić information content (AvgIpc) is 2.28. The van der Waals surface area contributed by atoms with E-state index in [2.05, 4.69) is 13.8 Å². The Morgan fingerprint density at radius 1 is 1.31 bits per heavy atom. The van der Waals surface area contributed by atoms with Crippen LogP contribution in [0.15, 0.2) is 29.2 Å². The summed E-state index contributed by atoms with van der Waals surface area (Å²) in [7, 11) is -0.969. The molecule has 0 bridgehead atoms. The standard InChI is InChI=1S/C13H21NOS/c1-4-11(3)13(14)9-16(15)12-7-5-10(2)6-8-12/h5-8,11,13H,4,9,14H2,1-3H3. The summed E-state index contributed by atoms with van der Waals surface area (Å²) < 4.78 is 12.0. The van der Waals surface area contributed by atoms with Gasteiger partial charge in [0.15, 0.2) is 0 Å². The van der Waals surface area contributed by atoms with Gasteiger partial charge in [-0.1, -0.05) is 38.0 Å². The maximum Gasteiger partial charge on any atom is 0.0545 e. The first-order chi connectivity index (χ1) is 7.54. The smallest absolute Gasteiger partial charge is 0.0545 e. The molecule has 0 amide bonds. The van der Waals surface area contributed by atoms with Crippen molar-refractivity contribution in [3.8, 4) is 0 Å². The molecule has 0 spiro atoms. The van der Waals surface area contributed by atoms with E-state index in [9.17, 15) is 4.21 Å². The summed E-state index contributed by atoms with van der Waals surface area (Å²) in [4.78, 5) is 0.879. The molecule has 0 aliphatic rings. The first kappa shape index (κ1) is 13.4. The molecule has 1 rings (SSSR count). The zero-order valence-electron chi connectivity index (χ0n) is 10.3. The molecule has 0 saturated carbocycles. The van der Waals surface area contributed by atoms with Crippen LogP contribution < -0.4 is 5.73 Å². The highest BCUT2D eigenvalue weighted by atomic mass is 32.2. The Morgan fingerprint density at radius 2 is 1.88 bits per heavy atom. The number of aryl methyl sites for hydroxylation is 1. The first-order valence-electron chi connectivity index (χ1n) is 5.75. The number of nitrogens with two attached hydrogens (primary N) is 1. The first-order valence-corrected chi connectivity index (χ1v) is 7.07. The number of rotatable bonds is 5. The average molecular weight is 239 g/mol. The minimum atomic E-state index is -0.969. The van der Waals surface area contributed by atoms with Gasteiger partial charge in [-0.25, -0.2) is 0 Å². The van der Waals surface area contributed by atoms with Crippen LogP contribution in [0.5, 0.6) is 0 Å². The van der Waals surface area contributed by atoms with Crippen molar-refractivity contribution in [3.63, 3.8) is 0 Å². The Labute approximate surface area is 101 Å². The topological polar surface area (TPSA) is 43.1 Å². The third kappa shape index (κ3) is 3.72. The minimum Gasteiger partial charge on any atom is -0.327 e. The molecule has 16 heavy (non-hydrogen) atoms. The van der Waals surface area contributed by atoms with Crippen molar-refractivity contribution in [3.05, 3.63) is 29.8 Å². The lowest BCUT2D eigenvalue weighted by Crippen LogP contribution is -2.33. The third-order valence-corrected chi connectivity index (χ3v) is 4.49. The fourth-order valence-electron chi connectivity index (χ4n) is 1.43. The Morgan fingerprint density at radius 3 is 2.38 bits per heavy atom. The van der Waals surface area contributed by atoms with Gasteiger partial charge in [-0.2, -0.15) is 0 Å². The summed E-state index contributed by atoms with van der Waals surface area (Å²) in [6.45, 7) is 6.24. The van der Waals surface area contributed by atoms with Gasteiger partial charge in [0.05, 0.1) is 10.8 Å². The molecule has 2 nitrogen and oxygen atoms in total. The van der Waals surface area contributed by atoms with Crippen molar-refractivity contribution in [1.29, 1.82) is 0 Å². The highest BCUT2D eigenvalue weighted by Crippen LogP contribution is 2.12.